The summed E-state index contributed by atoms with van der Waals surface area (Å²) >= 11 is 0. The van der Waals surface area contributed by atoms with Crippen LogP contribution in [0.15, 0.2) is 24.3 Å². The lowest BCUT2D eigenvalue weighted by atomic mass is 9.69. The molecule has 0 N–H and O–H groups in total. The van der Waals surface area contributed by atoms with E-state index in [-0.39, 0.29) is 0 Å². The molecule has 0 heterocycles. The van der Waals surface area contributed by atoms with Crippen molar-refractivity contribution in [2.45, 2.75) is 39.5 Å². The van der Waals surface area contributed by atoms with Crippen LogP contribution in [0.5, 0.6) is 0 Å². The Morgan fingerprint density at radius 1 is 1.42 bits per heavy atom. The van der Waals surface area contributed by atoms with E-state index in [1.165, 1.54) is 24.8 Å². The molecule has 1 saturated carbocycles. The fourth-order valence-electron chi connectivity index (χ4n) is 1.94. The Bertz CT molecular complexity index is 174. The first-order chi connectivity index (χ1) is 5.79. The summed E-state index contributed by atoms with van der Waals surface area (Å²) in [4.78, 5) is 0. The fourth-order valence-corrected chi connectivity index (χ4v) is 1.94. The number of rotatable bonds is 4. The van der Waals surface area contributed by atoms with Crippen LogP contribution in [0.1, 0.15) is 39.5 Å². The third-order valence-corrected chi connectivity index (χ3v) is 2.99. The molecule has 0 nitrogen and oxygen atoms in total. The van der Waals surface area contributed by atoms with Crippen LogP contribution in [0.2, 0.25) is 0 Å². The highest BCUT2D eigenvalue weighted by molar-refractivity contribution is 5.20. The molecule has 1 rings (SSSR count). The maximum atomic E-state index is 4.13. The average molecular weight is 164 g/mol. The van der Waals surface area contributed by atoms with Gasteiger partial charge in [0.25, 0.3) is 0 Å². The van der Waals surface area contributed by atoms with E-state index in [1.807, 2.05) is 0 Å². The van der Waals surface area contributed by atoms with Gasteiger partial charge in [-0.25, -0.2) is 0 Å². The third kappa shape index (κ3) is 2.00. The predicted molar refractivity (Wildman–Crippen MR) is 55.1 cm³/mol. The molecular formula is C12H20. The lowest BCUT2D eigenvalue weighted by molar-refractivity contribution is 0.211. The number of allylic oxidation sites excluding steroid dienone is 3. The molecule has 2 atom stereocenters. The highest BCUT2D eigenvalue weighted by atomic mass is 14.3. The van der Waals surface area contributed by atoms with Crippen molar-refractivity contribution >= 4 is 0 Å². The van der Waals surface area contributed by atoms with Crippen LogP contribution >= 0.6 is 0 Å². The van der Waals surface area contributed by atoms with E-state index in [1.54, 1.807) is 0 Å². The highest BCUT2D eigenvalue weighted by Gasteiger charge is 2.29. The highest BCUT2D eigenvalue weighted by Crippen LogP contribution is 2.41. The SMILES string of the molecule is C=C(/C=C/CC)C1CCC1CC. The molecular weight excluding hydrogens is 144 g/mol. The second-order valence-electron chi connectivity index (χ2n) is 3.74. The molecule has 0 radical (unpaired) electrons. The summed E-state index contributed by atoms with van der Waals surface area (Å²) in [5.41, 5.74) is 1.36. The van der Waals surface area contributed by atoms with E-state index in [4.69, 9.17) is 0 Å². The van der Waals surface area contributed by atoms with E-state index in [0.29, 0.717) is 0 Å². The summed E-state index contributed by atoms with van der Waals surface area (Å²) < 4.78 is 0. The normalized spacial score (nSPS) is 28.8. The third-order valence-electron chi connectivity index (χ3n) is 2.99. The Morgan fingerprint density at radius 2 is 2.17 bits per heavy atom. The summed E-state index contributed by atoms with van der Waals surface area (Å²) in [6.07, 6.45) is 9.66. The first kappa shape index (κ1) is 9.57. The molecule has 0 aromatic heterocycles. The Balaban J connectivity index is 2.37. The molecule has 0 spiro atoms. The van der Waals surface area contributed by atoms with E-state index >= 15 is 0 Å². The zero-order chi connectivity index (χ0) is 8.97. The van der Waals surface area contributed by atoms with Crippen molar-refractivity contribution in [3.63, 3.8) is 0 Å². The van der Waals surface area contributed by atoms with Crippen molar-refractivity contribution < 1.29 is 0 Å². The van der Waals surface area contributed by atoms with Gasteiger partial charge in [0, 0.05) is 0 Å². The maximum Gasteiger partial charge on any atom is -0.0140 e. The van der Waals surface area contributed by atoms with Crippen LogP contribution < -0.4 is 0 Å². The molecule has 0 bridgehead atoms. The first-order valence-corrected chi connectivity index (χ1v) is 5.14. The lowest BCUT2D eigenvalue weighted by Gasteiger charge is -2.36. The molecule has 0 saturated heterocycles. The van der Waals surface area contributed by atoms with Gasteiger partial charge in [-0.1, -0.05) is 44.6 Å². The minimum absolute atomic E-state index is 0.804. The minimum Gasteiger partial charge on any atom is -0.0956 e. The van der Waals surface area contributed by atoms with Gasteiger partial charge in [-0.2, -0.15) is 0 Å². The van der Waals surface area contributed by atoms with E-state index in [0.717, 1.165) is 18.3 Å². The molecule has 12 heavy (non-hydrogen) atoms. The van der Waals surface area contributed by atoms with Crippen LogP contribution in [-0.2, 0) is 0 Å². The van der Waals surface area contributed by atoms with Crippen LogP contribution in [0.4, 0.5) is 0 Å². The number of hydrogen-bond acceptors (Lipinski definition) is 0. The zero-order valence-corrected chi connectivity index (χ0v) is 8.34. The van der Waals surface area contributed by atoms with Gasteiger partial charge < -0.3 is 0 Å². The molecule has 1 aliphatic rings. The predicted octanol–water partition coefficient (Wildman–Crippen LogP) is 3.95. The molecule has 2 unspecified atom stereocenters. The molecule has 0 amide bonds. The number of hydrogen-bond donors (Lipinski definition) is 0. The molecule has 0 heteroatoms. The lowest BCUT2D eigenvalue weighted by Crippen LogP contribution is -2.25. The van der Waals surface area contributed by atoms with Crippen molar-refractivity contribution in [1.82, 2.24) is 0 Å². The van der Waals surface area contributed by atoms with Crippen molar-refractivity contribution in [2.75, 3.05) is 0 Å². The molecule has 0 aromatic carbocycles. The Hall–Kier alpha value is -0.520. The van der Waals surface area contributed by atoms with Gasteiger partial charge >= 0.3 is 0 Å². The Kier molecular flexibility index (Phi) is 3.58. The van der Waals surface area contributed by atoms with Crippen molar-refractivity contribution in [3.8, 4) is 0 Å². The van der Waals surface area contributed by atoms with Gasteiger partial charge in [0.05, 0.1) is 0 Å². The minimum atomic E-state index is 0.804. The van der Waals surface area contributed by atoms with Crippen LogP contribution in [0.25, 0.3) is 0 Å². The van der Waals surface area contributed by atoms with Crippen LogP contribution in [-0.4, -0.2) is 0 Å². The Morgan fingerprint density at radius 3 is 2.58 bits per heavy atom. The first-order valence-electron chi connectivity index (χ1n) is 5.14. The van der Waals surface area contributed by atoms with Gasteiger partial charge in [0.1, 0.15) is 0 Å². The molecule has 1 fully saturated rings. The molecule has 0 aromatic rings. The summed E-state index contributed by atoms with van der Waals surface area (Å²) in [5.74, 6) is 1.73. The summed E-state index contributed by atoms with van der Waals surface area (Å²) in [6.45, 7) is 8.58. The quantitative estimate of drug-likeness (QED) is 0.552. The molecule has 1 aliphatic carbocycles. The summed E-state index contributed by atoms with van der Waals surface area (Å²) in [6, 6.07) is 0. The monoisotopic (exact) mass is 164 g/mol. The smallest absolute Gasteiger partial charge is 0.0140 e. The molecule has 68 valence electrons. The Labute approximate surface area is 76.4 Å². The standard InChI is InChI=1S/C12H20/c1-4-6-7-10(3)12-9-8-11(12)5-2/h6-7,11-12H,3-5,8-9H2,1-2H3/b7-6+. The second kappa shape index (κ2) is 4.49. The molecule has 0 aliphatic heterocycles. The van der Waals surface area contributed by atoms with Gasteiger partial charge in [-0.05, 0) is 31.1 Å². The van der Waals surface area contributed by atoms with Crippen molar-refractivity contribution in [3.05, 3.63) is 24.3 Å². The van der Waals surface area contributed by atoms with Gasteiger partial charge in [-0.3, -0.25) is 0 Å². The zero-order valence-electron chi connectivity index (χ0n) is 8.34. The average Bonchev–Trinajstić information content (AvgIpc) is 2.00. The van der Waals surface area contributed by atoms with E-state index < -0.39 is 0 Å². The van der Waals surface area contributed by atoms with Gasteiger partial charge in [0.2, 0.25) is 0 Å². The van der Waals surface area contributed by atoms with Crippen molar-refractivity contribution in [1.29, 1.82) is 0 Å². The van der Waals surface area contributed by atoms with Gasteiger partial charge in [-0.15, -0.1) is 0 Å². The fraction of sp³-hybridized carbons (Fsp3) is 0.667. The van der Waals surface area contributed by atoms with Crippen LogP contribution in [0, 0.1) is 11.8 Å². The maximum absolute atomic E-state index is 4.13. The largest absolute Gasteiger partial charge is 0.0956 e. The second-order valence-corrected chi connectivity index (χ2v) is 3.74. The van der Waals surface area contributed by atoms with Gasteiger partial charge in [0.15, 0.2) is 0 Å². The van der Waals surface area contributed by atoms with E-state index in [9.17, 15) is 0 Å². The van der Waals surface area contributed by atoms with Crippen molar-refractivity contribution in [2.24, 2.45) is 11.8 Å². The topological polar surface area (TPSA) is 0 Å². The van der Waals surface area contributed by atoms with Crippen LogP contribution in [0.3, 0.4) is 0 Å². The summed E-state index contributed by atoms with van der Waals surface area (Å²) in [5, 5.41) is 0. The van der Waals surface area contributed by atoms with E-state index in [2.05, 4.69) is 32.6 Å². The summed E-state index contributed by atoms with van der Waals surface area (Å²) in [7, 11) is 0.